The smallest absolute Gasteiger partial charge is 0.275 e. The van der Waals surface area contributed by atoms with Gasteiger partial charge >= 0.3 is 0 Å². The minimum atomic E-state index is -0.234. The van der Waals surface area contributed by atoms with Gasteiger partial charge in [-0.15, -0.1) is 0 Å². The van der Waals surface area contributed by atoms with Gasteiger partial charge < -0.3 is 0 Å². The molecule has 3 nitrogen and oxygen atoms in total. The van der Waals surface area contributed by atoms with Crippen LogP contribution in [-0.4, -0.2) is 9.78 Å². The maximum Gasteiger partial charge on any atom is 0.275 e. The summed E-state index contributed by atoms with van der Waals surface area (Å²) < 4.78 is 1.64. The molecule has 0 aliphatic heterocycles. The van der Waals surface area contributed by atoms with E-state index in [0.29, 0.717) is 15.6 Å². The summed E-state index contributed by atoms with van der Waals surface area (Å²) in [5.74, 6) is 0. The molecule has 140 valence electrons. The van der Waals surface area contributed by atoms with E-state index in [9.17, 15) is 4.79 Å². The topological polar surface area (TPSA) is 37.8 Å². The summed E-state index contributed by atoms with van der Waals surface area (Å²) in [6.07, 6.45) is 0. The van der Waals surface area contributed by atoms with Crippen molar-refractivity contribution in [2.24, 2.45) is 0 Å². The van der Waals surface area contributed by atoms with Crippen LogP contribution in [0.25, 0.3) is 22.4 Å². The molecule has 4 rings (SSSR count). The fourth-order valence-electron chi connectivity index (χ4n) is 3.33. The summed E-state index contributed by atoms with van der Waals surface area (Å²) >= 11 is 12.2. The summed E-state index contributed by atoms with van der Waals surface area (Å²) in [5, 5.41) is 4.29. The molecule has 0 amide bonds. The number of hydrogen-bond donors (Lipinski definition) is 1. The van der Waals surface area contributed by atoms with E-state index in [-0.39, 0.29) is 11.6 Å². The number of aromatic amines is 1. The van der Waals surface area contributed by atoms with Crippen molar-refractivity contribution in [2.75, 3.05) is 0 Å². The number of halogens is 2. The lowest BCUT2D eigenvalue weighted by Gasteiger charge is -2.14. The number of benzene rings is 3. The molecule has 1 aromatic heterocycles. The van der Waals surface area contributed by atoms with Crippen molar-refractivity contribution in [3.05, 3.63) is 105 Å². The predicted octanol–water partition coefficient (Wildman–Crippen LogP) is 6.43. The molecule has 4 aromatic rings. The molecule has 0 aliphatic carbocycles. The van der Waals surface area contributed by atoms with Crippen LogP contribution >= 0.6 is 23.2 Å². The van der Waals surface area contributed by atoms with Gasteiger partial charge in [0.15, 0.2) is 0 Å². The lowest BCUT2D eigenvalue weighted by atomic mass is 10.0. The first-order valence-corrected chi connectivity index (χ1v) is 9.72. The minimum absolute atomic E-state index is 0.0800. The Balaban J connectivity index is 1.91. The molecule has 0 saturated heterocycles. The molecule has 3 aromatic carbocycles. The second-order valence-corrected chi connectivity index (χ2v) is 7.43. The Bertz CT molecular complexity index is 1160. The molecule has 1 N–H and O–H groups in total. The Kier molecular flexibility index (Phi) is 5.12. The van der Waals surface area contributed by atoms with Crippen LogP contribution in [0, 0.1) is 0 Å². The molecule has 28 heavy (non-hydrogen) atoms. The minimum Gasteiger partial charge on any atom is -0.294 e. The van der Waals surface area contributed by atoms with E-state index >= 15 is 0 Å². The van der Waals surface area contributed by atoms with E-state index in [4.69, 9.17) is 23.2 Å². The van der Waals surface area contributed by atoms with Crippen LogP contribution < -0.4 is 5.56 Å². The van der Waals surface area contributed by atoms with Crippen molar-refractivity contribution in [1.29, 1.82) is 0 Å². The van der Waals surface area contributed by atoms with E-state index in [0.717, 1.165) is 22.4 Å². The van der Waals surface area contributed by atoms with Crippen molar-refractivity contribution in [3.63, 3.8) is 0 Å². The van der Waals surface area contributed by atoms with E-state index in [1.807, 2.05) is 73.7 Å². The monoisotopic (exact) mass is 408 g/mol. The van der Waals surface area contributed by atoms with Gasteiger partial charge in [-0.25, -0.2) is 4.68 Å². The third-order valence-corrected chi connectivity index (χ3v) is 5.59. The SMILES string of the molecule is CC(c1ccc(Cl)c(Cl)c1)n1[nH]c(-c2ccccc2)c(-c2ccccc2)c1=O. The summed E-state index contributed by atoms with van der Waals surface area (Å²) in [4.78, 5) is 13.4. The van der Waals surface area contributed by atoms with Crippen molar-refractivity contribution in [3.8, 4) is 22.4 Å². The third kappa shape index (κ3) is 3.39. The molecule has 5 heteroatoms. The zero-order valence-corrected chi connectivity index (χ0v) is 16.7. The van der Waals surface area contributed by atoms with Gasteiger partial charge in [-0.05, 0) is 30.2 Å². The van der Waals surface area contributed by atoms with E-state index in [1.165, 1.54) is 0 Å². The largest absolute Gasteiger partial charge is 0.294 e. The lowest BCUT2D eigenvalue weighted by Crippen LogP contribution is -2.22. The zero-order valence-electron chi connectivity index (χ0n) is 15.2. The Labute approximate surface area is 173 Å². The Morgan fingerprint density at radius 3 is 2.04 bits per heavy atom. The summed E-state index contributed by atoms with van der Waals surface area (Å²) in [6.45, 7) is 1.96. The molecule has 0 aliphatic rings. The fraction of sp³-hybridized carbons (Fsp3) is 0.0870. The highest BCUT2D eigenvalue weighted by Crippen LogP contribution is 2.31. The van der Waals surface area contributed by atoms with Gasteiger partial charge in [0.2, 0.25) is 0 Å². The first kappa shape index (κ1) is 18.6. The molecule has 0 spiro atoms. The summed E-state index contributed by atoms with van der Waals surface area (Å²) in [7, 11) is 0. The van der Waals surface area contributed by atoms with E-state index in [2.05, 4.69) is 5.10 Å². The average Bonchev–Trinajstić information content (AvgIpc) is 3.08. The van der Waals surface area contributed by atoms with Gasteiger partial charge in [-0.2, -0.15) is 0 Å². The predicted molar refractivity (Wildman–Crippen MR) is 116 cm³/mol. The van der Waals surface area contributed by atoms with Crippen LogP contribution in [0.3, 0.4) is 0 Å². The quantitative estimate of drug-likeness (QED) is 0.415. The maximum absolute atomic E-state index is 13.4. The van der Waals surface area contributed by atoms with Crippen LogP contribution in [-0.2, 0) is 0 Å². The number of rotatable bonds is 4. The average molecular weight is 409 g/mol. The molecule has 1 atom stereocenters. The van der Waals surface area contributed by atoms with E-state index in [1.54, 1.807) is 16.8 Å². The first-order valence-electron chi connectivity index (χ1n) is 8.96. The van der Waals surface area contributed by atoms with Gasteiger partial charge in [-0.1, -0.05) is 89.9 Å². The molecular weight excluding hydrogens is 391 g/mol. The second kappa shape index (κ2) is 7.70. The highest BCUT2D eigenvalue weighted by molar-refractivity contribution is 6.42. The summed E-state index contributed by atoms with van der Waals surface area (Å²) in [5.41, 5.74) is 4.10. The van der Waals surface area contributed by atoms with Crippen LogP contribution in [0.1, 0.15) is 18.5 Å². The standard InChI is InChI=1S/C23H18Cl2N2O/c1-15(18-12-13-19(24)20(25)14-18)27-23(28)21(16-8-4-2-5-9-16)22(26-27)17-10-6-3-7-11-17/h2-15,26H,1H3. The first-order chi connectivity index (χ1) is 13.6. The zero-order chi connectivity index (χ0) is 19.7. The molecule has 0 bridgehead atoms. The molecule has 0 radical (unpaired) electrons. The maximum atomic E-state index is 13.4. The van der Waals surface area contributed by atoms with Gasteiger partial charge in [0.1, 0.15) is 0 Å². The Hall–Kier alpha value is -2.75. The van der Waals surface area contributed by atoms with E-state index < -0.39 is 0 Å². The molecule has 0 fully saturated rings. The second-order valence-electron chi connectivity index (χ2n) is 6.62. The van der Waals surface area contributed by atoms with Crippen LogP contribution in [0.5, 0.6) is 0 Å². The number of H-pyrrole nitrogens is 1. The van der Waals surface area contributed by atoms with Crippen molar-refractivity contribution in [2.45, 2.75) is 13.0 Å². The van der Waals surface area contributed by atoms with Gasteiger partial charge in [-0.3, -0.25) is 9.89 Å². The van der Waals surface area contributed by atoms with Crippen molar-refractivity contribution in [1.82, 2.24) is 9.78 Å². The van der Waals surface area contributed by atoms with Crippen LogP contribution in [0.2, 0.25) is 10.0 Å². The molecule has 0 saturated carbocycles. The van der Waals surface area contributed by atoms with Gasteiger partial charge in [0.05, 0.1) is 27.3 Å². The fourth-order valence-corrected chi connectivity index (χ4v) is 3.64. The van der Waals surface area contributed by atoms with Gasteiger partial charge in [0.25, 0.3) is 5.56 Å². The third-order valence-electron chi connectivity index (χ3n) is 4.85. The highest BCUT2D eigenvalue weighted by Gasteiger charge is 2.21. The lowest BCUT2D eigenvalue weighted by molar-refractivity contribution is 0.549. The number of nitrogens with zero attached hydrogens (tertiary/aromatic N) is 1. The molecule has 1 heterocycles. The van der Waals surface area contributed by atoms with Crippen LogP contribution in [0.15, 0.2) is 83.7 Å². The number of hydrogen-bond acceptors (Lipinski definition) is 1. The molecule has 1 unspecified atom stereocenters. The van der Waals surface area contributed by atoms with Crippen LogP contribution in [0.4, 0.5) is 0 Å². The number of aromatic nitrogens is 2. The Morgan fingerprint density at radius 2 is 1.43 bits per heavy atom. The molecular formula is C23H18Cl2N2O. The normalized spacial score (nSPS) is 12.1. The number of nitrogens with one attached hydrogen (secondary N) is 1. The van der Waals surface area contributed by atoms with Crippen molar-refractivity contribution < 1.29 is 0 Å². The van der Waals surface area contributed by atoms with Gasteiger partial charge in [0, 0.05) is 5.56 Å². The highest BCUT2D eigenvalue weighted by atomic mass is 35.5. The van der Waals surface area contributed by atoms with Crippen molar-refractivity contribution >= 4 is 23.2 Å². The Morgan fingerprint density at radius 1 is 0.821 bits per heavy atom. The summed E-state index contributed by atoms with van der Waals surface area (Å²) in [6, 6.07) is 24.8.